The molecule has 0 amide bonds. The third kappa shape index (κ3) is 2.34. The Morgan fingerprint density at radius 2 is 2.24 bits per heavy atom. The topological polar surface area (TPSA) is 106 Å². The lowest BCUT2D eigenvalue weighted by Gasteiger charge is -2.05. The molecule has 8 heteroatoms. The second-order valence-electron chi connectivity index (χ2n) is 4.14. The lowest BCUT2D eigenvalue weighted by Crippen LogP contribution is -2.03. The van der Waals surface area contributed by atoms with Gasteiger partial charge in [0.05, 0.1) is 31.0 Å². The number of carboxylic acids is 1. The molecule has 3 aromatic rings. The number of nitrogens with one attached hydrogen (secondary N) is 1. The van der Waals surface area contributed by atoms with Crippen molar-refractivity contribution >= 4 is 5.97 Å². The highest BCUT2D eigenvalue weighted by atomic mass is 16.5. The molecule has 0 aliphatic carbocycles. The maximum absolute atomic E-state index is 11.1. The maximum atomic E-state index is 11.1. The summed E-state index contributed by atoms with van der Waals surface area (Å²) in [5.41, 5.74) is 1.69. The van der Waals surface area contributed by atoms with Crippen molar-refractivity contribution in [3.8, 4) is 23.0 Å². The Kier molecular flexibility index (Phi) is 3.11. The van der Waals surface area contributed by atoms with Crippen molar-refractivity contribution in [2.24, 2.45) is 0 Å². The number of aromatic nitrogens is 5. The van der Waals surface area contributed by atoms with Gasteiger partial charge in [-0.1, -0.05) is 0 Å². The van der Waals surface area contributed by atoms with E-state index in [4.69, 9.17) is 9.84 Å². The summed E-state index contributed by atoms with van der Waals surface area (Å²) in [6, 6.07) is 4.87. The molecule has 0 radical (unpaired) electrons. The molecule has 0 aliphatic rings. The van der Waals surface area contributed by atoms with Crippen LogP contribution in [0, 0.1) is 0 Å². The van der Waals surface area contributed by atoms with E-state index in [1.54, 1.807) is 24.5 Å². The zero-order chi connectivity index (χ0) is 14.8. The SMILES string of the molecule is COc1ccc(-n2nc(C(=O)O)cc2-c2c[nH]cn2)cn1. The molecule has 0 aromatic carbocycles. The first kappa shape index (κ1) is 12.9. The summed E-state index contributed by atoms with van der Waals surface area (Å²) >= 11 is 0. The minimum Gasteiger partial charge on any atom is -0.481 e. The van der Waals surface area contributed by atoms with Crippen molar-refractivity contribution in [1.29, 1.82) is 0 Å². The number of aromatic amines is 1. The van der Waals surface area contributed by atoms with E-state index in [-0.39, 0.29) is 5.69 Å². The fourth-order valence-electron chi connectivity index (χ4n) is 1.88. The summed E-state index contributed by atoms with van der Waals surface area (Å²) in [4.78, 5) is 22.2. The van der Waals surface area contributed by atoms with E-state index in [1.165, 1.54) is 24.2 Å². The summed E-state index contributed by atoms with van der Waals surface area (Å²) in [6.07, 6.45) is 4.73. The maximum Gasteiger partial charge on any atom is 0.356 e. The van der Waals surface area contributed by atoms with Gasteiger partial charge >= 0.3 is 5.97 Å². The molecule has 0 fully saturated rings. The molecule has 3 heterocycles. The fraction of sp³-hybridized carbons (Fsp3) is 0.0769. The minimum atomic E-state index is -1.10. The summed E-state index contributed by atoms with van der Waals surface area (Å²) in [7, 11) is 1.52. The third-order valence-corrected chi connectivity index (χ3v) is 2.86. The predicted molar refractivity (Wildman–Crippen MR) is 72.5 cm³/mol. The fourth-order valence-corrected chi connectivity index (χ4v) is 1.88. The first-order valence-corrected chi connectivity index (χ1v) is 6.02. The van der Waals surface area contributed by atoms with Gasteiger partial charge in [0, 0.05) is 18.3 Å². The number of H-pyrrole nitrogens is 1. The Hall–Kier alpha value is -3.16. The van der Waals surface area contributed by atoms with Crippen molar-refractivity contribution < 1.29 is 14.6 Å². The molecule has 0 saturated heterocycles. The predicted octanol–water partition coefficient (Wildman–Crippen LogP) is 1.36. The number of methoxy groups -OCH3 is 1. The van der Waals surface area contributed by atoms with Crippen LogP contribution in [0.3, 0.4) is 0 Å². The number of carboxylic acid groups (broad SMARTS) is 1. The van der Waals surface area contributed by atoms with E-state index in [9.17, 15) is 4.79 Å². The van der Waals surface area contributed by atoms with E-state index in [0.717, 1.165) is 0 Å². The van der Waals surface area contributed by atoms with Gasteiger partial charge in [-0.15, -0.1) is 0 Å². The molecule has 0 aliphatic heterocycles. The smallest absolute Gasteiger partial charge is 0.356 e. The van der Waals surface area contributed by atoms with Crippen molar-refractivity contribution in [3.05, 3.63) is 42.6 Å². The highest BCUT2D eigenvalue weighted by molar-refractivity contribution is 5.87. The molecule has 3 rings (SSSR count). The van der Waals surface area contributed by atoms with E-state index in [1.807, 2.05) is 0 Å². The highest BCUT2D eigenvalue weighted by Crippen LogP contribution is 2.22. The standard InChI is InChI=1S/C13H11N5O3/c1-21-12-3-2-8(5-15-12)18-11(10-6-14-7-16-10)4-9(17-18)13(19)20/h2-7H,1H3,(H,14,16)(H,19,20). The molecule has 0 spiro atoms. The Morgan fingerprint density at radius 1 is 1.38 bits per heavy atom. The van der Waals surface area contributed by atoms with Gasteiger partial charge in [-0.2, -0.15) is 5.10 Å². The van der Waals surface area contributed by atoms with Gasteiger partial charge in [0.25, 0.3) is 0 Å². The molecule has 8 nitrogen and oxygen atoms in total. The van der Waals surface area contributed by atoms with Crippen LogP contribution in [0.5, 0.6) is 5.88 Å². The van der Waals surface area contributed by atoms with E-state index >= 15 is 0 Å². The molecule has 0 atom stereocenters. The summed E-state index contributed by atoms with van der Waals surface area (Å²) in [5, 5.41) is 13.2. The number of hydrogen-bond donors (Lipinski definition) is 2. The van der Waals surface area contributed by atoms with Crippen LogP contribution in [0.25, 0.3) is 17.1 Å². The number of aromatic carboxylic acids is 1. The van der Waals surface area contributed by atoms with Crippen LogP contribution in [-0.2, 0) is 0 Å². The zero-order valence-corrected chi connectivity index (χ0v) is 11.0. The van der Waals surface area contributed by atoms with Crippen LogP contribution >= 0.6 is 0 Å². The second kappa shape index (κ2) is 5.08. The highest BCUT2D eigenvalue weighted by Gasteiger charge is 2.17. The monoisotopic (exact) mass is 285 g/mol. The minimum absolute atomic E-state index is 0.0659. The lowest BCUT2D eigenvalue weighted by atomic mass is 10.3. The van der Waals surface area contributed by atoms with Crippen LogP contribution in [0.15, 0.2) is 36.9 Å². The first-order chi connectivity index (χ1) is 10.2. The molecule has 0 unspecified atom stereocenters. The van der Waals surface area contributed by atoms with Gasteiger partial charge in [-0.3, -0.25) is 0 Å². The van der Waals surface area contributed by atoms with Crippen LogP contribution in [0.2, 0.25) is 0 Å². The van der Waals surface area contributed by atoms with Gasteiger partial charge in [0.1, 0.15) is 5.69 Å². The number of nitrogens with zero attached hydrogens (tertiary/aromatic N) is 4. The zero-order valence-electron chi connectivity index (χ0n) is 11.0. The quantitative estimate of drug-likeness (QED) is 0.749. The molecule has 106 valence electrons. The summed E-state index contributed by atoms with van der Waals surface area (Å²) in [6.45, 7) is 0. The number of ether oxygens (including phenoxy) is 1. The van der Waals surface area contributed by atoms with Gasteiger partial charge in [0.2, 0.25) is 5.88 Å². The average molecular weight is 285 g/mol. The van der Waals surface area contributed by atoms with Crippen molar-refractivity contribution in [2.75, 3.05) is 7.11 Å². The van der Waals surface area contributed by atoms with Crippen molar-refractivity contribution in [2.45, 2.75) is 0 Å². The van der Waals surface area contributed by atoms with E-state index < -0.39 is 5.97 Å². The number of pyridine rings is 1. The normalized spacial score (nSPS) is 10.5. The number of carbonyl (C=O) groups is 1. The van der Waals surface area contributed by atoms with Crippen LogP contribution in [0.4, 0.5) is 0 Å². The number of rotatable bonds is 4. The third-order valence-electron chi connectivity index (χ3n) is 2.86. The van der Waals surface area contributed by atoms with Gasteiger partial charge < -0.3 is 14.8 Å². The lowest BCUT2D eigenvalue weighted by molar-refractivity contribution is 0.0690. The summed E-state index contributed by atoms with van der Waals surface area (Å²) < 4.78 is 6.48. The Bertz CT molecular complexity index is 762. The summed E-state index contributed by atoms with van der Waals surface area (Å²) in [5.74, 6) is -0.641. The molecular weight excluding hydrogens is 274 g/mol. The first-order valence-electron chi connectivity index (χ1n) is 6.02. The molecule has 0 bridgehead atoms. The second-order valence-corrected chi connectivity index (χ2v) is 4.14. The van der Waals surface area contributed by atoms with Crippen LogP contribution in [0.1, 0.15) is 10.5 Å². The number of imidazole rings is 1. The van der Waals surface area contributed by atoms with Gasteiger partial charge in [-0.25, -0.2) is 19.4 Å². The molecule has 2 N–H and O–H groups in total. The van der Waals surface area contributed by atoms with E-state index in [0.29, 0.717) is 23.0 Å². The van der Waals surface area contributed by atoms with Gasteiger partial charge in [0.15, 0.2) is 5.69 Å². The van der Waals surface area contributed by atoms with Crippen molar-refractivity contribution in [1.82, 2.24) is 24.7 Å². The Labute approximate surface area is 119 Å². The molecule has 21 heavy (non-hydrogen) atoms. The molecule has 3 aromatic heterocycles. The van der Waals surface area contributed by atoms with Gasteiger partial charge in [-0.05, 0) is 6.07 Å². The Morgan fingerprint density at radius 3 is 2.81 bits per heavy atom. The molecule has 0 saturated carbocycles. The van der Waals surface area contributed by atoms with Crippen LogP contribution in [-0.4, -0.2) is 42.9 Å². The number of hydrogen-bond acceptors (Lipinski definition) is 5. The van der Waals surface area contributed by atoms with E-state index in [2.05, 4.69) is 20.1 Å². The average Bonchev–Trinajstić information content (AvgIpc) is 3.16. The Balaban J connectivity index is 2.13. The van der Waals surface area contributed by atoms with Crippen molar-refractivity contribution in [3.63, 3.8) is 0 Å². The van der Waals surface area contributed by atoms with Crippen LogP contribution < -0.4 is 4.74 Å². The molecular formula is C13H11N5O3. The largest absolute Gasteiger partial charge is 0.481 e.